The number of aromatic nitrogens is 3. The van der Waals surface area contributed by atoms with E-state index >= 15 is 0 Å². The van der Waals surface area contributed by atoms with Crippen LogP contribution in [0.15, 0.2) is 24.5 Å². The maximum Gasteiger partial charge on any atom is 0.419 e. The predicted octanol–water partition coefficient (Wildman–Crippen LogP) is 3.61. The Morgan fingerprint density at radius 3 is 2.70 bits per heavy atom. The molecule has 0 bridgehead atoms. The van der Waals surface area contributed by atoms with E-state index in [1.165, 1.54) is 12.3 Å². The smallest absolute Gasteiger partial charge is 0.346 e. The third-order valence-corrected chi connectivity index (χ3v) is 3.69. The first kappa shape index (κ1) is 15.7. The molecule has 0 atom stereocenters. The summed E-state index contributed by atoms with van der Waals surface area (Å²) in [6.07, 6.45) is -0.572. The maximum atomic E-state index is 13.1. The molecule has 3 heterocycles. The number of pyridine rings is 1. The van der Waals surface area contributed by atoms with Crippen molar-refractivity contribution in [2.75, 3.05) is 4.90 Å². The lowest BCUT2D eigenvalue weighted by atomic mass is 10.1. The number of hydrogen-bond donors (Lipinski definition) is 0. The highest BCUT2D eigenvalue weighted by Crippen LogP contribution is 2.37. The lowest BCUT2D eigenvalue weighted by Crippen LogP contribution is -2.21. The molecule has 3 rings (SSSR count). The first-order valence-corrected chi connectivity index (χ1v) is 7.45. The quantitative estimate of drug-likeness (QED) is 0.866. The van der Waals surface area contributed by atoms with Gasteiger partial charge in [-0.25, -0.2) is 15.0 Å². The maximum absolute atomic E-state index is 13.1. The molecule has 2 aromatic heterocycles. The van der Waals surface area contributed by atoms with Crippen LogP contribution in [0.3, 0.4) is 0 Å². The minimum atomic E-state index is -4.42. The number of rotatable bonds is 3. The summed E-state index contributed by atoms with van der Waals surface area (Å²) in [6.45, 7) is 4.82. The van der Waals surface area contributed by atoms with Crippen molar-refractivity contribution in [3.63, 3.8) is 0 Å². The van der Waals surface area contributed by atoms with Gasteiger partial charge in [-0.1, -0.05) is 13.8 Å². The minimum Gasteiger partial charge on any atom is -0.346 e. The number of hydrogen-bond acceptors (Lipinski definition) is 4. The monoisotopic (exact) mass is 322 g/mol. The highest BCUT2D eigenvalue weighted by molar-refractivity contribution is 5.51. The van der Waals surface area contributed by atoms with E-state index < -0.39 is 11.7 Å². The van der Waals surface area contributed by atoms with Crippen LogP contribution in [0.25, 0.3) is 0 Å². The topological polar surface area (TPSA) is 41.9 Å². The summed E-state index contributed by atoms with van der Waals surface area (Å²) in [5.74, 6) is 1.11. The van der Waals surface area contributed by atoms with Crippen LogP contribution in [0.2, 0.25) is 0 Å². The Labute approximate surface area is 132 Å². The van der Waals surface area contributed by atoms with E-state index in [1.54, 1.807) is 11.1 Å². The number of fused-ring (bicyclic) bond motifs is 1. The van der Waals surface area contributed by atoms with E-state index in [0.29, 0.717) is 19.0 Å². The molecule has 0 saturated heterocycles. The van der Waals surface area contributed by atoms with Crippen molar-refractivity contribution in [3.8, 4) is 0 Å². The molecule has 122 valence electrons. The zero-order valence-electron chi connectivity index (χ0n) is 12.9. The first-order valence-electron chi connectivity index (χ1n) is 7.45. The van der Waals surface area contributed by atoms with Crippen molar-refractivity contribution in [2.24, 2.45) is 5.92 Å². The first-order chi connectivity index (χ1) is 10.8. The molecular weight excluding hydrogens is 305 g/mol. The van der Waals surface area contributed by atoms with Gasteiger partial charge in [0, 0.05) is 30.9 Å². The molecular formula is C16H17F3N4. The molecule has 0 amide bonds. The second kappa shape index (κ2) is 5.79. The van der Waals surface area contributed by atoms with Gasteiger partial charge in [0.2, 0.25) is 0 Å². The minimum absolute atomic E-state index is 0.0524. The van der Waals surface area contributed by atoms with Gasteiger partial charge in [0.1, 0.15) is 11.6 Å². The Morgan fingerprint density at radius 2 is 2.00 bits per heavy atom. The van der Waals surface area contributed by atoms with Crippen LogP contribution in [0.5, 0.6) is 0 Å². The zero-order chi connectivity index (χ0) is 16.6. The van der Waals surface area contributed by atoms with E-state index in [9.17, 15) is 13.2 Å². The molecule has 2 aromatic rings. The van der Waals surface area contributed by atoms with Gasteiger partial charge in [0.05, 0.1) is 17.8 Å². The summed E-state index contributed by atoms with van der Waals surface area (Å²) in [7, 11) is 0. The Kier molecular flexibility index (Phi) is 3.95. The van der Waals surface area contributed by atoms with Crippen molar-refractivity contribution in [2.45, 2.75) is 39.5 Å². The zero-order valence-corrected chi connectivity index (χ0v) is 12.9. The third kappa shape index (κ3) is 3.28. The van der Waals surface area contributed by atoms with Crippen LogP contribution in [0, 0.1) is 5.92 Å². The SMILES string of the molecule is CC(C)Cc1ncc2c(n1)CN(c1ncccc1C(F)(F)F)C2. The van der Waals surface area contributed by atoms with Gasteiger partial charge in [0.25, 0.3) is 0 Å². The molecule has 0 saturated carbocycles. The van der Waals surface area contributed by atoms with E-state index in [0.717, 1.165) is 29.6 Å². The normalized spacial score (nSPS) is 14.4. The average molecular weight is 322 g/mol. The van der Waals surface area contributed by atoms with Crippen molar-refractivity contribution < 1.29 is 13.2 Å². The van der Waals surface area contributed by atoms with Crippen molar-refractivity contribution in [1.82, 2.24) is 15.0 Å². The van der Waals surface area contributed by atoms with Crippen molar-refractivity contribution >= 4 is 5.82 Å². The largest absolute Gasteiger partial charge is 0.419 e. The molecule has 0 aromatic carbocycles. The highest BCUT2D eigenvalue weighted by Gasteiger charge is 2.37. The number of nitrogens with zero attached hydrogens (tertiary/aromatic N) is 4. The van der Waals surface area contributed by atoms with Crippen molar-refractivity contribution in [1.29, 1.82) is 0 Å². The second-order valence-corrected chi connectivity index (χ2v) is 6.08. The van der Waals surface area contributed by atoms with Crippen LogP contribution in [0.4, 0.5) is 19.0 Å². The Balaban J connectivity index is 1.88. The van der Waals surface area contributed by atoms with Gasteiger partial charge < -0.3 is 4.90 Å². The Morgan fingerprint density at radius 1 is 1.22 bits per heavy atom. The molecule has 0 spiro atoms. The average Bonchev–Trinajstić information content (AvgIpc) is 2.89. The number of anilines is 1. The Bertz CT molecular complexity index is 713. The van der Waals surface area contributed by atoms with Crippen LogP contribution < -0.4 is 4.90 Å². The van der Waals surface area contributed by atoms with E-state index in [2.05, 4.69) is 28.8 Å². The summed E-state index contributed by atoms with van der Waals surface area (Å²) in [6, 6.07) is 2.36. The van der Waals surface area contributed by atoms with E-state index in [-0.39, 0.29) is 5.82 Å². The summed E-state index contributed by atoms with van der Waals surface area (Å²) in [5.41, 5.74) is 0.925. The van der Waals surface area contributed by atoms with Crippen LogP contribution in [0.1, 0.15) is 36.5 Å². The van der Waals surface area contributed by atoms with Gasteiger partial charge >= 0.3 is 6.18 Å². The summed E-state index contributed by atoms with van der Waals surface area (Å²) in [5, 5.41) is 0. The molecule has 0 fully saturated rings. The molecule has 0 unspecified atom stereocenters. The summed E-state index contributed by atoms with van der Waals surface area (Å²) < 4.78 is 39.4. The predicted molar refractivity (Wildman–Crippen MR) is 79.7 cm³/mol. The number of alkyl halides is 3. The van der Waals surface area contributed by atoms with Crippen LogP contribution in [-0.4, -0.2) is 15.0 Å². The van der Waals surface area contributed by atoms with E-state index in [4.69, 9.17) is 0 Å². The van der Waals surface area contributed by atoms with Crippen molar-refractivity contribution in [3.05, 3.63) is 47.2 Å². The molecule has 0 N–H and O–H groups in total. The van der Waals surface area contributed by atoms with Gasteiger partial charge in [-0.3, -0.25) is 0 Å². The fraction of sp³-hybridized carbons (Fsp3) is 0.438. The van der Waals surface area contributed by atoms with Crippen LogP contribution >= 0.6 is 0 Å². The second-order valence-electron chi connectivity index (χ2n) is 6.08. The number of halogens is 3. The lowest BCUT2D eigenvalue weighted by Gasteiger charge is -2.20. The lowest BCUT2D eigenvalue weighted by molar-refractivity contribution is -0.137. The van der Waals surface area contributed by atoms with Gasteiger partial charge in [-0.2, -0.15) is 13.2 Å². The standard InChI is InChI=1S/C16H17F3N4/c1-10(2)6-14-21-7-11-8-23(9-13(11)22-14)15-12(16(17,18)19)4-3-5-20-15/h3-5,7,10H,6,8-9H2,1-2H3. The molecule has 0 aliphatic carbocycles. The van der Waals surface area contributed by atoms with Gasteiger partial charge in [-0.15, -0.1) is 0 Å². The molecule has 4 nitrogen and oxygen atoms in total. The highest BCUT2D eigenvalue weighted by atomic mass is 19.4. The van der Waals surface area contributed by atoms with Gasteiger partial charge in [0.15, 0.2) is 0 Å². The summed E-state index contributed by atoms with van der Waals surface area (Å²) >= 11 is 0. The summed E-state index contributed by atoms with van der Waals surface area (Å²) in [4.78, 5) is 14.3. The molecule has 1 aliphatic heterocycles. The van der Waals surface area contributed by atoms with Gasteiger partial charge in [-0.05, 0) is 18.1 Å². The third-order valence-electron chi connectivity index (χ3n) is 3.69. The molecule has 23 heavy (non-hydrogen) atoms. The van der Waals surface area contributed by atoms with Crippen LogP contribution in [-0.2, 0) is 25.7 Å². The molecule has 0 radical (unpaired) electrons. The fourth-order valence-corrected chi connectivity index (χ4v) is 2.68. The Hall–Kier alpha value is -2.18. The molecule has 7 heteroatoms. The molecule has 1 aliphatic rings. The van der Waals surface area contributed by atoms with E-state index in [1.807, 2.05) is 0 Å². The fourth-order valence-electron chi connectivity index (χ4n) is 2.68.